The molecule has 236 valence electrons. The molecule has 2 aliphatic heterocycles. The highest BCUT2D eigenvalue weighted by atomic mass is 79.9. The number of halogens is 5. The van der Waals surface area contributed by atoms with Crippen molar-refractivity contribution in [2.75, 3.05) is 18.6 Å². The van der Waals surface area contributed by atoms with E-state index in [0.29, 0.717) is 11.1 Å². The van der Waals surface area contributed by atoms with Crippen LogP contribution in [-0.2, 0) is 24.0 Å². The first kappa shape index (κ1) is 32.0. The molecule has 1 saturated carbocycles. The molecule has 2 aliphatic carbocycles. The fourth-order valence-electron chi connectivity index (χ4n) is 7.21. The van der Waals surface area contributed by atoms with E-state index in [1.165, 1.54) is 25.3 Å². The number of likely N-dealkylation sites (tertiary alicyclic amines) is 1. The number of aromatic hydroxyl groups is 1. The summed E-state index contributed by atoms with van der Waals surface area (Å²) in [5, 5.41) is 19.9. The monoisotopic (exact) mass is 786 g/mol. The van der Waals surface area contributed by atoms with Gasteiger partial charge < -0.3 is 14.9 Å². The molecule has 4 amide bonds. The number of benzene rings is 2. The molecule has 3 fully saturated rings. The standard InChI is InChI=1S/C30H23Br2Cl2FN2O8/c1-45-18-10-16(22(31)23(32)24(18)40)21-14-6-7-15-20(26(42)36(25(15)41)9-8-19(38)39)17(14)11-29(33)27(43)37(28(44)30(21,29)34)13-4-2-12(35)3-5-13/h2-6,10,15,17,20-21,40H,7-9,11H2,1H3,(H,38,39)/t15-,17+,20-,21+,29+,30-/m0/s1. The second-order valence-corrected chi connectivity index (χ2v) is 14.2. The molecule has 0 spiro atoms. The number of ether oxygens (including phenoxy) is 1. The van der Waals surface area contributed by atoms with E-state index in [9.17, 15) is 38.6 Å². The molecule has 0 unspecified atom stereocenters. The molecule has 10 nitrogen and oxygen atoms in total. The summed E-state index contributed by atoms with van der Waals surface area (Å²) in [4.78, 5) is 64.6. The Labute approximate surface area is 282 Å². The number of fused-ring (bicyclic) bond motifs is 4. The molecule has 6 rings (SSSR count). The molecular formula is C30H23Br2Cl2FN2O8. The maximum atomic E-state index is 14.5. The van der Waals surface area contributed by atoms with Gasteiger partial charge in [0.15, 0.2) is 21.2 Å². The molecule has 15 heteroatoms. The van der Waals surface area contributed by atoms with Crippen LogP contribution in [-0.4, -0.2) is 68.1 Å². The molecule has 4 aliphatic rings. The van der Waals surface area contributed by atoms with Crippen molar-refractivity contribution >= 4 is 90.3 Å². The lowest BCUT2D eigenvalue weighted by atomic mass is 9.56. The van der Waals surface area contributed by atoms with Crippen LogP contribution in [0.25, 0.3) is 0 Å². The van der Waals surface area contributed by atoms with Gasteiger partial charge in [-0.15, -0.1) is 23.2 Å². The van der Waals surface area contributed by atoms with Crippen molar-refractivity contribution in [2.24, 2.45) is 17.8 Å². The number of carboxylic acids is 1. The average molecular weight is 789 g/mol. The average Bonchev–Trinajstić information content (AvgIpc) is 3.33. The third-order valence-corrected chi connectivity index (χ3v) is 12.8. The molecule has 2 saturated heterocycles. The number of hydrogen-bond acceptors (Lipinski definition) is 7. The molecular weight excluding hydrogens is 766 g/mol. The Morgan fingerprint density at radius 1 is 1.07 bits per heavy atom. The van der Waals surface area contributed by atoms with E-state index >= 15 is 0 Å². The van der Waals surface area contributed by atoms with Crippen LogP contribution in [0.1, 0.15) is 30.7 Å². The summed E-state index contributed by atoms with van der Waals surface area (Å²) in [7, 11) is 1.32. The SMILES string of the molecule is COc1cc([C@H]2C3=CC[C@@H]4C(=O)N(CCC(=O)O)C(=O)[C@@H]4[C@@H]3C[C@@]3(Cl)C(=O)N(c4ccc(F)cc4)C(=O)[C@@]23Cl)c(Br)c(Br)c1O. The summed E-state index contributed by atoms with van der Waals surface area (Å²) in [6.45, 7) is -0.319. The first-order chi connectivity index (χ1) is 21.2. The predicted molar refractivity (Wildman–Crippen MR) is 166 cm³/mol. The van der Waals surface area contributed by atoms with Crippen LogP contribution in [0.4, 0.5) is 10.1 Å². The van der Waals surface area contributed by atoms with Crippen molar-refractivity contribution in [3.05, 3.63) is 62.3 Å². The maximum Gasteiger partial charge on any atom is 0.305 e. The summed E-state index contributed by atoms with van der Waals surface area (Å²) >= 11 is 21.5. The van der Waals surface area contributed by atoms with E-state index in [4.69, 9.17) is 27.9 Å². The van der Waals surface area contributed by atoms with Crippen LogP contribution in [0.15, 0.2) is 50.9 Å². The number of phenols is 1. The van der Waals surface area contributed by atoms with Gasteiger partial charge in [-0.05, 0) is 86.5 Å². The number of amides is 4. The Hall–Kier alpha value is -3.00. The van der Waals surface area contributed by atoms with Gasteiger partial charge in [0.05, 0.1) is 35.5 Å². The molecule has 0 radical (unpaired) electrons. The Balaban J connectivity index is 1.57. The van der Waals surface area contributed by atoms with E-state index in [-0.39, 0.29) is 45.5 Å². The number of imide groups is 2. The van der Waals surface area contributed by atoms with Crippen LogP contribution in [0, 0.1) is 23.6 Å². The van der Waals surface area contributed by atoms with Gasteiger partial charge in [0, 0.05) is 16.9 Å². The maximum absolute atomic E-state index is 14.5. The quantitative estimate of drug-likeness (QED) is 0.234. The lowest BCUT2D eigenvalue weighted by Crippen LogP contribution is -2.60. The zero-order valence-electron chi connectivity index (χ0n) is 23.2. The number of hydrogen-bond donors (Lipinski definition) is 2. The van der Waals surface area contributed by atoms with Crippen LogP contribution in [0.2, 0.25) is 0 Å². The molecule has 45 heavy (non-hydrogen) atoms. The minimum absolute atomic E-state index is 0.0102. The van der Waals surface area contributed by atoms with Crippen LogP contribution >= 0.6 is 55.1 Å². The van der Waals surface area contributed by atoms with Crippen LogP contribution in [0.3, 0.4) is 0 Å². The first-order valence-corrected chi connectivity index (χ1v) is 16.1. The molecule has 0 bridgehead atoms. The summed E-state index contributed by atoms with van der Waals surface area (Å²) < 4.78 is 19.6. The van der Waals surface area contributed by atoms with Gasteiger partial charge in [-0.2, -0.15) is 0 Å². The summed E-state index contributed by atoms with van der Waals surface area (Å²) in [5.74, 6) is -8.82. The number of carbonyl (C=O) groups excluding carboxylic acids is 4. The van der Waals surface area contributed by atoms with Crippen molar-refractivity contribution in [3.63, 3.8) is 0 Å². The molecule has 2 aromatic carbocycles. The van der Waals surface area contributed by atoms with Crippen molar-refractivity contribution in [1.82, 2.24) is 4.90 Å². The van der Waals surface area contributed by atoms with Gasteiger partial charge in [-0.25, -0.2) is 9.29 Å². The van der Waals surface area contributed by atoms with Gasteiger partial charge in [0.1, 0.15) is 5.82 Å². The fraction of sp³-hybridized carbons (Fsp3) is 0.367. The molecule has 6 atom stereocenters. The highest BCUT2D eigenvalue weighted by Gasteiger charge is 2.76. The number of carbonyl (C=O) groups is 5. The second-order valence-electron chi connectivity index (χ2n) is 11.4. The lowest BCUT2D eigenvalue weighted by molar-refractivity contribution is -0.142. The van der Waals surface area contributed by atoms with Gasteiger partial charge in [0.2, 0.25) is 11.8 Å². The highest BCUT2D eigenvalue weighted by molar-refractivity contribution is 9.13. The number of allylic oxidation sites excluding steroid dienone is 2. The van der Waals surface area contributed by atoms with E-state index in [1.807, 2.05) is 0 Å². The number of phenolic OH excluding ortho intramolecular Hbond substituents is 1. The van der Waals surface area contributed by atoms with Crippen molar-refractivity contribution < 1.29 is 43.3 Å². The van der Waals surface area contributed by atoms with E-state index in [1.54, 1.807) is 6.08 Å². The Kier molecular flexibility index (Phi) is 7.86. The third kappa shape index (κ3) is 4.40. The third-order valence-electron chi connectivity index (χ3n) is 9.24. The Morgan fingerprint density at radius 2 is 1.73 bits per heavy atom. The summed E-state index contributed by atoms with van der Waals surface area (Å²) in [6, 6.07) is 6.10. The number of alkyl halides is 2. The minimum atomic E-state index is -2.20. The number of rotatable bonds is 6. The molecule has 2 aromatic rings. The van der Waals surface area contributed by atoms with E-state index in [0.717, 1.165) is 21.9 Å². The van der Waals surface area contributed by atoms with Gasteiger partial charge in [0.25, 0.3) is 11.8 Å². The van der Waals surface area contributed by atoms with Crippen molar-refractivity contribution in [1.29, 1.82) is 0 Å². The largest absolute Gasteiger partial charge is 0.503 e. The fourth-order valence-corrected chi connectivity index (χ4v) is 9.10. The molecule has 2 heterocycles. The van der Waals surface area contributed by atoms with Crippen LogP contribution < -0.4 is 9.64 Å². The zero-order valence-corrected chi connectivity index (χ0v) is 27.9. The van der Waals surface area contributed by atoms with Gasteiger partial charge >= 0.3 is 5.97 Å². The first-order valence-electron chi connectivity index (χ1n) is 13.7. The number of methoxy groups -OCH3 is 1. The molecule has 2 N–H and O–H groups in total. The van der Waals surface area contributed by atoms with E-state index in [2.05, 4.69) is 31.9 Å². The Bertz CT molecular complexity index is 1740. The molecule has 0 aromatic heterocycles. The zero-order chi connectivity index (χ0) is 32.7. The lowest BCUT2D eigenvalue weighted by Gasteiger charge is -2.51. The second kappa shape index (κ2) is 11.1. The smallest absolute Gasteiger partial charge is 0.305 e. The van der Waals surface area contributed by atoms with Crippen molar-refractivity contribution in [2.45, 2.75) is 34.9 Å². The van der Waals surface area contributed by atoms with Gasteiger partial charge in [-0.1, -0.05) is 11.6 Å². The number of aliphatic carboxylic acids is 1. The minimum Gasteiger partial charge on any atom is -0.503 e. The Morgan fingerprint density at radius 3 is 2.36 bits per heavy atom. The number of anilines is 1. The van der Waals surface area contributed by atoms with Crippen molar-refractivity contribution in [3.8, 4) is 11.5 Å². The summed E-state index contributed by atoms with van der Waals surface area (Å²) in [6.07, 6.45) is 1.06. The normalized spacial score (nSPS) is 30.7. The summed E-state index contributed by atoms with van der Waals surface area (Å²) in [5.41, 5.74) is 0.809. The van der Waals surface area contributed by atoms with Gasteiger partial charge in [-0.3, -0.25) is 28.9 Å². The van der Waals surface area contributed by atoms with Crippen LogP contribution in [0.5, 0.6) is 11.5 Å². The van der Waals surface area contributed by atoms with E-state index < -0.39 is 75.3 Å². The number of carboxylic acid groups (broad SMARTS) is 1. The topological polar surface area (TPSA) is 142 Å². The number of nitrogens with zero attached hydrogens (tertiary/aromatic N) is 2. The highest BCUT2D eigenvalue weighted by Crippen LogP contribution is 2.67. The predicted octanol–water partition coefficient (Wildman–Crippen LogP) is 5.10.